The largest absolute Gasteiger partial charge is 0.390 e. The van der Waals surface area contributed by atoms with Crippen molar-refractivity contribution >= 4 is 11.5 Å². The van der Waals surface area contributed by atoms with E-state index in [1.54, 1.807) is 0 Å². The Bertz CT molecular complexity index is 628. The van der Waals surface area contributed by atoms with Crippen LogP contribution >= 0.6 is 0 Å². The maximum Gasteiger partial charge on any atom is 0.152 e. The monoisotopic (exact) mass is 358 g/mol. The van der Waals surface area contributed by atoms with Crippen molar-refractivity contribution in [2.45, 2.75) is 77.7 Å². The molecule has 0 aromatic carbocycles. The van der Waals surface area contributed by atoms with Crippen LogP contribution in [0, 0.1) is 34.5 Å². The van der Waals surface area contributed by atoms with Crippen molar-refractivity contribution in [1.82, 2.24) is 5.32 Å². The van der Waals surface area contributed by atoms with E-state index in [-0.39, 0.29) is 5.41 Å². The quantitative estimate of drug-likeness (QED) is 0.761. The minimum absolute atomic E-state index is 0.0102. The van der Waals surface area contributed by atoms with E-state index >= 15 is 0 Å². The van der Waals surface area contributed by atoms with Crippen LogP contribution in [0.4, 0.5) is 0 Å². The molecule has 0 bridgehead atoms. The molecule has 0 aromatic rings. The minimum Gasteiger partial charge on any atom is -0.390 e. The van der Waals surface area contributed by atoms with Crippen molar-refractivity contribution in [2.24, 2.45) is 39.7 Å². The van der Waals surface area contributed by atoms with Gasteiger partial charge in [0.05, 0.1) is 5.71 Å². The predicted octanol–water partition coefficient (Wildman–Crippen LogP) is 3.94. The highest BCUT2D eigenvalue weighted by molar-refractivity contribution is 5.87. The molecule has 0 spiro atoms. The molecule has 1 heterocycles. The van der Waals surface area contributed by atoms with E-state index in [0.29, 0.717) is 23.2 Å². The molecule has 5 aliphatic rings. The van der Waals surface area contributed by atoms with Crippen LogP contribution in [0.3, 0.4) is 0 Å². The summed E-state index contributed by atoms with van der Waals surface area (Å²) >= 11 is 0. The fourth-order valence-corrected chi connectivity index (χ4v) is 7.40. The van der Waals surface area contributed by atoms with Crippen molar-refractivity contribution in [3.8, 4) is 0 Å². The number of nitrogens with one attached hydrogen (secondary N) is 1. The normalized spacial score (nSPS) is 49.9. The summed E-state index contributed by atoms with van der Waals surface area (Å²) in [5.74, 6) is 3.60. The molecule has 1 aliphatic heterocycles. The molecule has 144 valence electrons. The van der Waals surface area contributed by atoms with Crippen LogP contribution in [0.25, 0.3) is 0 Å². The molecule has 4 unspecified atom stereocenters. The van der Waals surface area contributed by atoms with Gasteiger partial charge in [-0.1, -0.05) is 19.0 Å². The van der Waals surface area contributed by atoms with Crippen LogP contribution in [0.1, 0.15) is 71.6 Å². The fourth-order valence-electron chi connectivity index (χ4n) is 7.40. The van der Waals surface area contributed by atoms with Gasteiger partial charge in [-0.2, -0.15) is 0 Å². The third-order valence-corrected chi connectivity index (χ3v) is 9.28. The standard InChI is InChI=1S/C22H34N2O2/c1-21-9-7-15(24-26-16-12-23-13-16)11-14(21)3-4-17-18-5-6-20(25)22(18,2)10-8-19(17)21/h14,16-19,23H,3-13H2,1-2H3/b24-15-/t14?,17?,18?,19?,21-,22-/m0/s1. The summed E-state index contributed by atoms with van der Waals surface area (Å²) in [5.41, 5.74) is 1.76. The molecule has 4 nitrogen and oxygen atoms in total. The molecule has 4 heteroatoms. The lowest BCUT2D eigenvalue weighted by molar-refractivity contribution is -0.137. The Labute approximate surface area is 157 Å². The molecule has 5 fully saturated rings. The highest BCUT2D eigenvalue weighted by atomic mass is 16.6. The van der Waals surface area contributed by atoms with Gasteiger partial charge in [-0.25, -0.2) is 0 Å². The highest BCUT2D eigenvalue weighted by Gasteiger charge is 2.60. The van der Waals surface area contributed by atoms with E-state index in [1.165, 1.54) is 31.4 Å². The van der Waals surface area contributed by atoms with Crippen molar-refractivity contribution < 1.29 is 9.63 Å². The number of nitrogens with zero attached hydrogens (tertiary/aromatic N) is 1. The lowest BCUT2D eigenvalue weighted by atomic mass is 9.45. The molecule has 5 rings (SSSR count). The summed E-state index contributed by atoms with van der Waals surface area (Å²) in [6.07, 6.45) is 10.9. The van der Waals surface area contributed by atoms with E-state index in [2.05, 4.69) is 24.3 Å². The molecule has 1 N–H and O–H groups in total. The molecule has 4 saturated carbocycles. The number of rotatable bonds is 2. The average molecular weight is 359 g/mol. The summed E-state index contributed by atoms with van der Waals surface area (Å²) in [5, 5.41) is 7.78. The first kappa shape index (κ1) is 17.2. The Morgan fingerprint density at radius 2 is 1.88 bits per heavy atom. The molecule has 0 amide bonds. The van der Waals surface area contributed by atoms with Gasteiger partial charge in [0.25, 0.3) is 0 Å². The summed E-state index contributed by atoms with van der Waals surface area (Å²) in [4.78, 5) is 18.2. The van der Waals surface area contributed by atoms with Crippen LogP contribution in [-0.2, 0) is 9.63 Å². The van der Waals surface area contributed by atoms with Crippen LogP contribution in [-0.4, -0.2) is 30.7 Å². The number of hydrogen-bond acceptors (Lipinski definition) is 4. The van der Waals surface area contributed by atoms with Crippen LogP contribution in [0.15, 0.2) is 5.16 Å². The number of oxime groups is 1. The van der Waals surface area contributed by atoms with Gasteiger partial charge in [0.1, 0.15) is 5.78 Å². The topological polar surface area (TPSA) is 50.7 Å². The van der Waals surface area contributed by atoms with Gasteiger partial charge in [-0.3, -0.25) is 4.79 Å². The van der Waals surface area contributed by atoms with Crippen LogP contribution in [0.5, 0.6) is 0 Å². The van der Waals surface area contributed by atoms with E-state index in [4.69, 9.17) is 4.84 Å². The lowest BCUT2D eigenvalue weighted by Gasteiger charge is -2.59. The molecular weight excluding hydrogens is 324 g/mol. The van der Waals surface area contributed by atoms with Gasteiger partial charge < -0.3 is 10.2 Å². The Hall–Kier alpha value is -0.900. The van der Waals surface area contributed by atoms with Gasteiger partial charge >= 0.3 is 0 Å². The molecule has 6 atom stereocenters. The Kier molecular flexibility index (Phi) is 4.01. The van der Waals surface area contributed by atoms with E-state index < -0.39 is 0 Å². The third-order valence-electron chi connectivity index (χ3n) is 9.28. The first-order valence-electron chi connectivity index (χ1n) is 11.0. The number of carbonyl (C=O) groups excluding carboxylic acids is 1. The number of ketones is 1. The third kappa shape index (κ3) is 2.43. The molecule has 26 heavy (non-hydrogen) atoms. The zero-order chi connectivity index (χ0) is 17.9. The second-order valence-corrected chi connectivity index (χ2v) is 10.3. The Morgan fingerprint density at radius 1 is 1.04 bits per heavy atom. The van der Waals surface area contributed by atoms with Crippen LogP contribution in [0.2, 0.25) is 0 Å². The highest BCUT2D eigenvalue weighted by Crippen LogP contribution is 2.65. The molecule has 1 saturated heterocycles. The second-order valence-electron chi connectivity index (χ2n) is 10.3. The predicted molar refractivity (Wildman–Crippen MR) is 102 cm³/mol. The van der Waals surface area contributed by atoms with Crippen molar-refractivity contribution in [3.05, 3.63) is 0 Å². The minimum atomic E-state index is 0.0102. The first-order valence-corrected chi connectivity index (χ1v) is 11.0. The fraction of sp³-hybridized carbons (Fsp3) is 0.909. The van der Waals surface area contributed by atoms with Crippen LogP contribution < -0.4 is 5.32 Å². The average Bonchev–Trinajstić information content (AvgIpc) is 2.89. The van der Waals surface area contributed by atoms with Gasteiger partial charge in [0.15, 0.2) is 6.10 Å². The van der Waals surface area contributed by atoms with Gasteiger partial charge in [-0.15, -0.1) is 0 Å². The summed E-state index contributed by atoms with van der Waals surface area (Å²) < 4.78 is 0. The van der Waals surface area contributed by atoms with E-state index in [0.717, 1.165) is 62.9 Å². The Morgan fingerprint density at radius 3 is 2.65 bits per heavy atom. The first-order chi connectivity index (χ1) is 12.5. The van der Waals surface area contributed by atoms with Crippen molar-refractivity contribution in [1.29, 1.82) is 0 Å². The van der Waals surface area contributed by atoms with E-state index in [1.807, 2.05) is 0 Å². The SMILES string of the molecule is C[C@]12CC/C(=N/OC3CNC3)CC1CCC1C2CC[C@]2(C)C(=O)CCC12. The lowest BCUT2D eigenvalue weighted by Crippen LogP contribution is -2.53. The zero-order valence-corrected chi connectivity index (χ0v) is 16.4. The number of fused-ring (bicyclic) bond motifs is 5. The van der Waals surface area contributed by atoms with Crippen molar-refractivity contribution in [3.63, 3.8) is 0 Å². The van der Waals surface area contributed by atoms with Gasteiger partial charge in [-0.05, 0) is 80.5 Å². The zero-order valence-electron chi connectivity index (χ0n) is 16.4. The molecule has 4 aliphatic carbocycles. The van der Waals surface area contributed by atoms with Crippen molar-refractivity contribution in [2.75, 3.05) is 13.1 Å². The van der Waals surface area contributed by atoms with E-state index in [9.17, 15) is 4.79 Å². The summed E-state index contributed by atoms with van der Waals surface area (Å²) in [7, 11) is 0. The van der Waals surface area contributed by atoms with Gasteiger partial charge in [0.2, 0.25) is 0 Å². The molecule has 0 radical (unpaired) electrons. The maximum atomic E-state index is 12.5. The van der Waals surface area contributed by atoms with Gasteiger partial charge in [0, 0.05) is 24.9 Å². The molecular formula is C22H34N2O2. The summed E-state index contributed by atoms with van der Waals surface area (Å²) in [6.45, 7) is 6.75. The second kappa shape index (κ2) is 6.05. The smallest absolute Gasteiger partial charge is 0.152 e. The number of carbonyl (C=O) groups is 1. The molecule has 0 aromatic heterocycles. The maximum absolute atomic E-state index is 12.5. The number of hydrogen-bond donors (Lipinski definition) is 1. The number of Topliss-reactive ketones (excluding diaryl/α,β-unsaturated/α-hetero) is 1. The summed E-state index contributed by atoms with van der Waals surface area (Å²) in [6, 6.07) is 0. The Balaban J connectivity index is 1.32.